The molecular weight excluding hydrogens is 377 g/mol. The lowest BCUT2D eigenvalue weighted by Crippen LogP contribution is -2.43. The van der Waals surface area contributed by atoms with Crippen molar-refractivity contribution in [3.8, 4) is 5.75 Å². The highest BCUT2D eigenvalue weighted by atomic mass is 127. The van der Waals surface area contributed by atoms with Gasteiger partial charge in [0.1, 0.15) is 5.75 Å². The molecule has 0 radical (unpaired) electrons. The Hall–Kier alpha value is -0.980. The minimum atomic E-state index is 0. The molecule has 0 atom stereocenters. The molecule has 1 aliphatic rings. The maximum atomic E-state index is 5.57. The van der Waals surface area contributed by atoms with Crippen molar-refractivity contribution in [3.63, 3.8) is 0 Å². The van der Waals surface area contributed by atoms with E-state index < -0.39 is 0 Å². The van der Waals surface area contributed by atoms with Crippen LogP contribution >= 0.6 is 24.0 Å². The monoisotopic (exact) mass is 403 g/mol. The summed E-state index contributed by atoms with van der Waals surface area (Å²) in [5, 5.41) is 6.52. The lowest BCUT2D eigenvalue weighted by molar-refractivity contribution is 0.371. The smallest absolute Gasteiger partial charge is 0.190 e. The van der Waals surface area contributed by atoms with Gasteiger partial charge in [-0.05, 0) is 18.9 Å². The molecule has 2 rings (SSSR count). The van der Waals surface area contributed by atoms with Crippen LogP contribution < -0.4 is 15.4 Å². The summed E-state index contributed by atoms with van der Waals surface area (Å²) in [5.74, 6) is 1.84. The maximum Gasteiger partial charge on any atom is 0.190 e. The molecule has 1 saturated carbocycles. The third-order valence-electron chi connectivity index (χ3n) is 4.29. The van der Waals surface area contributed by atoms with E-state index in [-0.39, 0.29) is 29.4 Å². The zero-order valence-electron chi connectivity index (χ0n) is 13.1. The van der Waals surface area contributed by atoms with Crippen LogP contribution in [-0.2, 0) is 5.41 Å². The van der Waals surface area contributed by atoms with Gasteiger partial charge in [0.2, 0.25) is 0 Å². The lowest BCUT2D eigenvalue weighted by atomic mass is 9.78. The molecular formula is C16H26IN3O. The molecule has 0 amide bonds. The van der Waals surface area contributed by atoms with Crippen LogP contribution in [-0.4, -0.2) is 33.7 Å². The highest BCUT2D eigenvalue weighted by Gasteiger charge is 2.37. The van der Waals surface area contributed by atoms with Gasteiger partial charge in [-0.1, -0.05) is 31.0 Å². The number of nitrogens with one attached hydrogen (secondary N) is 2. The summed E-state index contributed by atoms with van der Waals surface area (Å²) in [7, 11) is 5.43. The molecule has 0 bridgehead atoms. The molecule has 21 heavy (non-hydrogen) atoms. The van der Waals surface area contributed by atoms with E-state index in [9.17, 15) is 0 Å². The number of benzene rings is 1. The van der Waals surface area contributed by atoms with Crippen molar-refractivity contribution in [1.82, 2.24) is 10.6 Å². The molecule has 0 unspecified atom stereocenters. The van der Waals surface area contributed by atoms with Crippen molar-refractivity contribution in [3.05, 3.63) is 29.8 Å². The zero-order chi connectivity index (χ0) is 14.4. The van der Waals surface area contributed by atoms with Crippen molar-refractivity contribution in [2.75, 3.05) is 27.7 Å². The van der Waals surface area contributed by atoms with Crippen molar-refractivity contribution in [1.29, 1.82) is 0 Å². The molecule has 0 aliphatic heterocycles. The first-order valence-corrected chi connectivity index (χ1v) is 7.27. The van der Waals surface area contributed by atoms with E-state index in [1.165, 1.54) is 31.2 Å². The van der Waals surface area contributed by atoms with Gasteiger partial charge in [0, 0.05) is 31.6 Å². The van der Waals surface area contributed by atoms with E-state index in [2.05, 4.69) is 33.8 Å². The van der Waals surface area contributed by atoms with Crippen LogP contribution in [0.15, 0.2) is 29.3 Å². The van der Waals surface area contributed by atoms with Crippen LogP contribution in [0.5, 0.6) is 5.75 Å². The van der Waals surface area contributed by atoms with Crippen LogP contribution in [0.3, 0.4) is 0 Å². The van der Waals surface area contributed by atoms with Gasteiger partial charge in [-0.3, -0.25) is 4.99 Å². The molecule has 1 aromatic rings. The maximum absolute atomic E-state index is 5.57. The summed E-state index contributed by atoms with van der Waals surface area (Å²) < 4.78 is 5.57. The fraction of sp³-hybridized carbons (Fsp3) is 0.562. The van der Waals surface area contributed by atoms with Gasteiger partial charge in [-0.25, -0.2) is 0 Å². The number of guanidine groups is 1. The van der Waals surface area contributed by atoms with Crippen LogP contribution in [0.25, 0.3) is 0 Å². The topological polar surface area (TPSA) is 45.7 Å². The molecule has 5 heteroatoms. The number of nitrogens with zero attached hydrogens (tertiary/aromatic N) is 1. The molecule has 0 saturated heterocycles. The van der Waals surface area contributed by atoms with E-state index in [1.807, 2.05) is 13.1 Å². The molecule has 0 aromatic heterocycles. The SMILES string of the molecule is CN=C(NC)NCC1(c2ccccc2OC)CCCC1.I. The molecule has 118 valence electrons. The summed E-state index contributed by atoms with van der Waals surface area (Å²) in [4.78, 5) is 4.20. The fourth-order valence-corrected chi connectivity index (χ4v) is 3.21. The molecule has 4 nitrogen and oxygen atoms in total. The normalized spacial score (nSPS) is 17.0. The van der Waals surface area contributed by atoms with Crippen LogP contribution in [0.2, 0.25) is 0 Å². The van der Waals surface area contributed by atoms with Crippen molar-refractivity contribution in [2.45, 2.75) is 31.1 Å². The molecule has 0 heterocycles. The Morgan fingerprint density at radius 2 is 1.95 bits per heavy atom. The van der Waals surface area contributed by atoms with Gasteiger partial charge in [-0.15, -0.1) is 24.0 Å². The third kappa shape index (κ3) is 4.02. The van der Waals surface area contributed by atoms with Crippen molar-refractivity contribution >= 4 is 29.9 Å². The summed E-state index contributed by atoms with van der Waals surface area (Å²) in [5.41, 5.74) is 1.47. The summed E-state index contributed by atoms with van der Waals surface area (Å²) in [6.07, 6.45) is 4.94. The second-order valence-electron chi connectivity index (χ2n) is 5.36. The fourth-order valence-electron chi connectivity index (χ4n) is 3.21. The summed E-state index contributed by atoms with van der Waals surface area (Å²) in [6, 6.07) is 8.39. The third-order valence-corrected chi connectivity index (χ3v) is 4.29. The minimum absolute atomic E-state index is 0. The van der Waals surface area contributed by atoms with Gasteiger partial charge in [0.25, 0.3) is 0 Å². The predicted molar refractivity (Wildman–Crippen MR) is 99.0 cm³/mol. The zero-order valence-corrected chi connectivity index (χ0v) is 15.4. The van der Waals surface area contributed by atoms with Gasteiger partial charge in [0.15, 0.2) is 5.96 Å². The second kappa shape index (κ2) is 8.46. The van der Waals surface area contributed by atoms with Gasteiger partial charge < -0.3 is 15.4 Å². The Labute approximate surface area is 144 Å². The average molecular weight is 403 g/mol. The number of methoxy groups -OCH3 is 1. The first-order valence-electron chi connectivity index (χ1n) is 7.27. The first kappa shape index (κ1) is 18.1. The van der Waals surface area contributed by atoms with E-state index >= 15 is 0 Å². The standard InChI is InChI=1S/C16H25N3O.HI/c1-17-15(18-2)19-12-16(10-6-7-11-16)13-8-4-5-9-14(13)20-3;/h4-5,8-9H,6-7,10-12H2,1-3H3,(H2,17,18,19);1H. The van der Waals surface area contributed by atoms with E-state index in [0.717, 1.165) is 18.3 Å². The Kier molecular flexibility index (Phi) is 7.28. The van der Waals surface area contributed by atoms with Crippen LogP contribution in [0.4, 0.5) is 0 Å². The molecule has 1 fully saturated rings. The highest BCUT2D eigenvalue weighted by molar-refractivity contribution is 14.0. The minimum Gasteiger partial charge on any atom is -0.496 e. The van der Waals surface area contributed by atoms with E-state index in [0.29, 0.717) is 0 Å². The van der Waals surface area contributed by atoms with Gasteiger partial charge in [0.05, 0.1) is 7.11 Å². The Bertz CT molecular complexity index is 470. The summed E-state index contributed by atoms with van der Waals surface area (Å²) in [6.45, 7) is 0.890. The number of rotatable bonds is 4. The average Bonchev–Trinajstić information content (AvgIpc) is 2.98. The number of hydrogen-bond donors (Lipinski definition) is 2. The Morgan fingerprint density at radius 3 is 2.52 bits per heavy atom. The number of ether oxygens (including phenoxy) is 1. The first-order chi connectivity index (χ1) is 9.75. The lowest BCUT2D eigenvalue weighted by Gasteiger charge is -2.31. The molecule has 2 N–H and O–H groups in total. The number of hydrogen-bond acceptors (Lipinski definition) is 2. The Morgan fingerprint density at radius 1 is 1.29 bits per heavy atom. The highest BCUT2D eigenvalue weighted by Crippen LogP contribution is 2.44. The van der Waals surface area contributed by atoms with Gasteiger partial charge in [-0.2, -0.15) is 0 Å². The quantitative estimate of drug-likeness (QED) is 0.462. The van der Waals surface area contributed by atoms with Crippen molar-refractivity contribution < 1.29 is 4.74 Å². The molecule has 1 aliphatic carbocycles. The number of para-hydroxylation sites is 1. The second-order valence-corrected chi connectivity index (χ2v) is 5.36. The number of aliphatic imine (C=N–C) groups is 1. The predicted octanol–water partition coefficient (Wildman–Crippen LogP) is 2.92. The largest absolute Gasteiger partial charge is 0.496 e. The van der Waals surface area contributed by atoms with Gasteiger partial charge >= 0.3 is 0 Å². The van der Waals surface area contributed by atoms with Crippen LogP contribution in [0.1, 0.15) is 31.2 Å². The molecule has 1 aromatic carbocycles. The van der Waals surface area contributed by atoms with Crippen molar-refractivity contribution in [2.24, 2.45) is 4.99 Å². The summed E-state index contributed by atoms with van der Waals surface area (Å²) >= 11 is 0. The Balaban J connectivity index is 0.00000220. The molecule has 0 spiro atoms. The van der Waals surface area contributed by atoms with E-state index in [1.54, 1.807) is 14.2 Å². The van der Waals surface area contributed by atoms with Crippen LogP contribution in [0, 0.1) is 0 Å². The van der Waals surface area contributed by atoms with E-state index in [4.69, 9.17) is 4.74 Å². The number of halogens is 1.